The van der Waals surface area contributed by atoms with Crippen molar-refractivity contribution >= 4 is 11.3 Å². The zero-order valence-electron chi connectivity index (χ0n) is 10.5. The summed E-state index contributed by atoms with van der Waals surface area (Å²) in [6, 6.07) is 7.22. The second kappa shape index (κ2) is 4.20. The number of tetrazole rings is 1. The van der Waals surface area contributed by atoms with Gasteiger partial charge in [-0.2, -0.15) is 0 Å². The molecular weight excluding hydrogens is 244 g/mol. The Hall–Kier alpha value is -2.70. The first-order valence-electron chi connectivity index (χ1n) is 5.73. The molecule has 0 bridgehead atoms. The minimum absolute atomic E-state index is 0.423. The summed E-state index contributed by atoms with van der Waals surface area (Å²) in [5.74, 6) is 1.14. The number of hydrogen-bond donors (Lipinski definition) is 1. The van der Waals surface area contributed by atoms with Crippen LogP contribution in [-0.2, 0) is 0 Å². The van der Waals surface area contributed by atoms with Crippen LogP contribution in [0.1, 0.15) is 11.1 Å². The molecule has 7 nitrogen and oxygen atoms in total. The molecule has 0 saturated carbocycles. The lowest BCUT2D eigenvalue weighted by Crippen LogP contribution is -1.99. The summed E-state index contributed by atoms with van der Waals surface area (Å²) < 4.78 is 7.05. The van der Waals surface area contributed by atoms with Crippen molar-refractivity contribution in [1.29, 1.82) is 0 Å². The van der Waals surface area contributed by atoms with E-state index in [1.807, 2.05) is 26.0 Å². The number of anilines is 1. The number of aryl methyl sites for hydroxylation is 2. The van der Waals surface area contributed by atoms with Crippen molar-refractivity contribution in [3.05, 3.63) is 35.4 Å². The topological polar surface area (TPSA) is 91.2 Å². The zero-order chi connectivity index (χ0) is 13.4. The minimum Gasteiger partial charge on any atom is -0.437 e. The van der Waals surface area contributed by atoms with Gasteiger partial charge in [-0.05, 0) is 53.6 Å². The highest BCUT2D eigenvalue weighted by Crippen LogP contribution is 2.27. The molecule has 2 aromatic heterocycles. The summed E-state index contributed by atoms with van der Waals surface area (Å²) in [6.45, 7) is 3.86. The quantitative estimate of drug-likeness (QED) is 0.699. The van der Waals surface area contributed by atoms with Crippen LogP contribution < -0.4 is 10.5 Å². The lowest BCUT2D eigenvalue weighted by atomic mass is 10.1. The first-order valence-corrected chi connectivity index (χ1v) is 5.73. The lowest BCUT2D eigenvalue weighted by Gasteiger charge is -2.10. The van der Waals surface area contributed by atoms with E-state index in [4.69, 9.17) is 10.5 Å². The molecule has 0 atom stereocenters. The Bertz CT molecular complexity index is 751. The first kappa shape index (κ1) is 11.4. The molecule has 96 valence electrons. The van der Waals surface area contributed by atoms with Crippen LogP contribution >= 0.6 is 0 Å². The number of benzene rings is 1. The maximum absolute atomic E-state index is 5.84. The second-order valence-corrected chi connectivity index (χ2v) is 4.27. The van der Waals surface area contributed by atoms with E-state index in [2.05, 4.69) is 20.6 Å². The van der Waals surface area contributed by atoms with Gasteiger partial charge in [0.15, 0.2) is 5.65 Å². The van der Waals surface area contributed by atoms with E-state index in [1.54, 1.807) is 12.1 Å². The van der Waals surface area contributed by atoms with Gasteiger partial charge in [-0.1, -0.05) is 0 Å². The van der Waals surface area contributed by atoms with E-state index in [9.17, 15) is 0 Å². The predicted molar refractivity (Wildman–Crippen MR) is 69.0 cm³/mol. The molecule has 2 heterocycles. The molecule has 0 saturated heterocycles. The number of fused-ring (bicyclic) bond motifs is 1. The molecule has 3 rings (SSSR count). The molecule has 3 aromatic rings. The Balaban J connectivity index is 1.98. The third-order valence-corrected chi connectivity index (χ3v) is 2.82. The number of rotatable bonds is 2. The standard InChI is InChI=1S/C12H12N6O/c1-7-6-10(8(2)5-9(7)13)19-12-4-3-11-14-16-17-18(11)15-12/h3-6H,13H2,1-2H3. The molecule has 0 amide bonds. The normalized spacial score (nSPS) is 10.8. The van der Waals surface area contributed by atoms with E-state index >= 15 is 0 Å². The Kier molecular flexibility index (Phi) is 2.52. The molecular formula is C12H12N6O. The monoisotopic (exact) mass is 256 g/mol. The summed E-state index contributed by atoms with van der Waals surface area (Å²) in [7, 11) is 0. The van der Waals surface area contributed by atoms with Crippen molar-refractivity contribution in [3.8, 4) is 11.6 Å². The molecule has 0 aliphatic heterocycles. The van der Waals surface area contributed by atoms with Gasteiger partial charge in [0.2, 0.25) is 5.88 Å². The van der Waals surface area contributed by atoms with Gasteiger partial charge in [-0.15, -0.1) is 14.8 Å². The third-order valence-electron chi connectivity index (χ3n) is 2.82. The Morgan fingerprint density at radius 2 is 2.00 bits per heavy atom. The van der Waals surface area contributed by atoms with Crippen LogP contribution in [0.3, 0.4) is 0 Å². The molecule has 0 radical (unpaired) electrons. The maximum Gasteiger partial charge on any atom is 0.239 e. The van der Waals surface area contributed by atoms with E-state index in [-0.39, 0.29) is 0 Å². The number of ether oxygens (including phenoxy) is 1. The van der Waals surface area contributed by atoms with Gasteiger partial charge in [0.05, 0.1) is 0 Å². The Labute approximate surface area is 109 Å². The van der Waals surface area contributed by atoms with Gasteiger partial charge >= 0.3 is 0 Å². The van der Waals surface area contributed by atoms with E-state index in [0.717, 1.165) is 16.8 Å². The number of nitrogens with zero attached hydrogens (tertiary/aromatic N) is 5. The molecule has 19 heavy (non-hydrogen) atoms. The van der Waals surface area contributed by atoms with Crippen LogP contribution in [0.5, 0.6) is 11.6 Å². The average molecular weight is 256 g/mol. The summed E-state index contributed by atoms with van der Waals surface area (Å²) in [5.41, 5.74) is 9.06. The molecule has 7 heteroatoms. The Morgan fingerprint density at radius 3 is 2.84 bits per heavy atom. The molecule has 0 spiro atoms. The van der Waals surface area contributed by atoms with Gasteiger partial charge < -0.3 is 10.5 Å². The molecule has 0 unspecified atom stereocenters. The zero-order valence-corrected chi connectivity index (χ0v) is 10.5. The van der Waals surface area contributed by atoms with Crippen molar-refractivity contribution in [2.75, 3.05) is 5.73 Å². The van der Waals surface area contributed by atoms with Crippen LogP contribution in [0.4, 0.5) is 5.69 Å². The summed E-state index contributed by atoms with van der Waals surface area (Å²) in [4.78, 5) is 0. The number of aromatic nitrogens is 5. The van der Waals surface area contributed by atoms with E-state index in [0.29, 0.717) is 17.3 Å². The fourth-order valence-corrected chi connectivity index (χ4v) is 1.72. The van der Waals surface area contributed by atoms with Crippen LogP contribution in [0.15, 0.2) is 24.3 Å². The van der Waals surface area contributed by atoms with Crippen molar-refractivity contribution in [3.63, 3.8) is 0 Å². The smallest absolute Gasteiger partial charge is 0.239 e. The van der Waals surface area contributed by atoms with Crippen molar-refractivity contribution < 1.29 is 4.74 Å². The fraction of sp³-hybridized carbons (Fsp3) is 0.167. The minimum atomic E-state index is 0.423. The fourth-order valence-electron chi connectivity index (χ4n) is 1.72. The summed E-state index contributed by atoms with van der Waals surface area (Å²) in [5, 5.41) is 15.2. The van der Waals surface area contributed by atoms with Gasteiger partial charge in [0.25, 0.3) is 0 Å². The number of nitrogens with two attached hydrogens (primary N) is 1. The maximum atomic E-state index is 5.84. The highest BCUT2D eigenvalue weighted by Gasteiger charge is 2.07. The Morgan fingerprint density at radius 1 is 1.16 bits per heavy atom. The van der Waals surface area contributed by atoms with Crippen molar-refractivity contribution in [2.45, 2.75) is 13.8 Å². The second-order valence-electron chi connectivity index (χ2n) is 4.27. The molecule has 1 aromatic carbocycles. The van der Waals surface area contributed by atoms with E-state index < -0.39 is 0 Å². The summed E-state index contributed by atoms with van der Waals surface area (Å²) in [6.07, 6.45) is 0. The highest BCUT2D eigenvalue weighted by atomic mass is 16.5. The number of hydrogen-bond acceptors (Lipinski definition) is 6. The van der Waals surface area contributed by atoms with Gasteiger partial charge in [-0.3, -0.25) is 0 Å². The van der Waals surface area contributed by atoms with Gasteiger partial charge in [-0.25, -0.2) is 0 Å². The van der Waals surface area contributed by atoms with Crippen LogP contribution in [0.25, 0.3) is 5.65 Å². The van der Waals surface area contributed by atoms with Crippen LogP contribution in [-0.4, -0.2) is 25.3 Å². The lowest BCUT2D eigenvalue weighted by molar-refractivity contribution is 0.444. The predicted octanol–water partition coefficient (Wildman–Crippen LogP) is 1.51. The molecule has 0 fully saturated rings. The van der Waals surface area contributed by atoms with Gasteiger partial charge in [0.1, 0.15) is 5.75 Å². The van der Waals surface area contributed by atoms with Gasteiger partial charge in [0, 0.05) is 11.8 Å². The molecule has 0 aliphatic carbocycles. The van der Waals surface area contributed by atoms with Crippen LogP contribution in [0.2, 0.25) is 0 Å². The highest BCUT2D eigenvalue weighted by molar-refractivity contribution is 5.54. The largest absolute Gasteiger partial charge is 0.437 e. The third kappa shape index (κ3) is 2.05. The summed E-state index contributed by atoms with van der Waals surface area (Å²) >= 11 is 0. The molecule has 2 N–H and O–H groups in total. The van der Waals surface area contributed by atoms with Crippen molar-refractivity contribution in [2.24, 2.45) is 0 Å². The average Bonchev–Trinajstić information content (AvgIpc) is 2.83. The van der Waals surface area contributed by atoms with E-state index in [1.165, 1.54) is 4.63 Å². The number of nitrogen functional groups attached to an aromatic ring is 1. The first-order chi connectivity index (χ1) is 9.13. The van der Waals surface area contributed by atoms with Crippen molar-refractivity contribution in [1.82, 2.24) is 25.3 Å². The SMILES string of the molecule is Cc1cc(Oc2ccc3nnnn3n2)c(C)cc1N. The molecule has 0 aliphatic rings. The van der Waals surface area contributed by atoms with Crippen LogP contribution in [0, 0.1) is 13.8 Å².